The fraction of sp³-hybridized carbons (Fsp3) is 0.238. The molecule has 0 radical (unpaired) electrons. The molecule has 29 heavy (non-hydrogen) atoms. The maximum atomic E-state index is 12.4. The lowest BCUT2D eigenvalue weighted by Gasteiger charge is -2.36. The molecule has 5 nitrogen and oxygen atoms in total. The van der Waals surface area contributed by atoms with Crippen LogP contribution < -0.4 is 10.2 Å². The zero-order chi connectivity index (χ0) is 20.2. The molecule has 150 valence electrons. The van der Waals surface area contributed by atoms with Crippen LogP contribution in [-0.4, -0.2) is 42.0 Å². The zero-order valence-corrected chi connectivity index (χ0v) is 18.0. The second-order valence-corrected chi connectivity index (χ2v) is 8.59. The van der Waals surface area contributed by atoms with E-state index in [0.717, 1.165) is 48.4 Å². The quantitative estimate of drug-likeness (QED) is 0.597. The van der Waals surface area contributed by atoms with Crippen LogP contribution in [0.15, 0.2) is 53.9 Å². The molecule has 0 spiro atoms. The van der Waals surface area contributed by atoms with E-state index in [1.54, 1.807) is 29.6 Å². The van der Waals surface area contributed by atoms with Gasteiger partial charge in [0.15, 0.2) is 0 Å². The molecule has 8 heteroatoms. The summed E-state index contributed by atoms with van der Waals surface area (Å²) in [5.41, 5.74) is 2.18. The Kier molecular flexibility index (Phi) is 6.35. The Morgan fingerprint density at radius 2 is 1.86 bits per heavy atom. The lowest BCUT2D eigenvalue weighted by atomic mass is 10.2. The molecule has 2 aromatic carbocycles. The first-order valence-electron chi connectivity index (χ1n) is 9.31. The number of halogens is 2. The molecule has 0 unspecified atom stereocenters. The fourth-order valence-corrected chi connectivity index (χ4v) is 4.56. The Morgan fingerprint density at radius 1 is 1.07 bits per heavy atom. The summed E-state index contributed by atoms with van der Waals surface area (Å²) < 4.78 is 0. The highest BCUT2D eigenvalue weighted by Gasteiger charge is 2.20. The molecule has 1 aromatic heterocycles. The molecule has 1 aliphatic heterocycles. The Morgan fingerprint density at radius 3 is 2.62 bits per heavy atom. The average Bonchev–Trinajstić information content (AvgIpc) is 3.18. The fourth-order valence-electron chi connectivity index (χ4n) is 3.30. The van der Waals surface area contributed by atoms with Crippen LogP contribution in [0.4, 0.5) is 11.4 Å². The van der Waals surface area contributed by atoms with Crippen LogP contribution in [0.3, 0.4) is 0 Å². The number of carbonyl (C=O) groups is 1. The summed E-state index contributed by atoms with van der Waals surface area (Å²) >= 11 is 13.8. The molecule has 4 rings (SSSR count). The van der Waals surface area contributed by atoms with Crippen LogP contribution in [0.2, 0.25) is 10.0 Å². The average molecular weight is 447 g/mol. The molecular formula is C21H20Cl2N4OS. The highest BCUT2D eigenvalue weighted by molar-refractivity contribution is 7.09. The van der Waals surface area contributed by atoms with Gasteiger partial charge in [0.2, 0.25) is 0 Å². The van der Waals surface area contributed by atoms with Crippen LogP contribution in [0, 0.1) is 0 Å². The van der Waals surface area contributed by atoms with Crippen LogP contribution >= 0.6 is 34.5 Å². The largest absolute Gasteiger partial charge is 0.368 e. The van der Waals surface area contributed by atoms with Gasteiger partial charge in [0.05, 0.1) is 17.3 Å². The lowest BCUT2D eigenvalue weighted by molar-refractivity contribution is 0.102. The van der Waals surface area contributed by atoms with Crippen LogP contribution in [0.5, 0.6) is 0 Å². The number of piperazine rings is 1. The van der Waals surface area contributed by atoms with Crippen LogP contribution in [-0.2, 0) is 6.54 Å². The topological polar surface area (TPSA) is 48.5 Å². The van der Waals surface area contributed by atoms with Crippen LogP contribution in [0.25, 0.3) is 0 Å². The minimum absolute atomic E-state index is 0.224. The predicted molar refractivity (Wildman–Crippen MR) is 120 cm³/mol. The van der Waals surface area contributed by atoms with Crippen molar-refractivity contribution in [3.8, 4) is 0 Å². The van der Waals surface area contributed by atoms with Crippen molar-refractivity contribution in [3.63, 3.8) is 0 Å². The number of nitrogens with zero attached hydrogens (tertiary/aromatic N) is 3. The third-order valence-electron chi connectivity index (χ3n) is 4.79. The first kappa shape index (κ1) is 20.2. The van der Waals surface area contributed by atoms with Gasteiger partial charge in [0, 0.05) is 42.3 Å². The number of thiazole rings is 1. The maximum Gasteiger partial charge on any atom is 0.275 e. The summed E-state index contributed by atoms with van der Waals surface area (Å²) in [5, 5.41) is 6.94. The van der Waals surface area contributed by atoms with Crippen molar-refractivity contribution in [2.75, 3.05) is 36.4 Å². The minimum Gasteiger partial charge on any atom is -0.368 e. The Labute approximate surface area is 183 Å². The van der Waals surface area contributed by atoms with Gasteiger partial charge in [-0.05, 0) is 30.3 Å². The van der Waals surface area contributed by atoms with E-state index in [1.807, 2.05) is 18.2 Å². The Hall–Kier alpha value is -2.12. The van der Waals surface area contributed by atoms with Gasteiger partial charge >= 0.3 is 0 Å². The van der Waals surface area contributed by atoms with Gasteiger partial charge in [-0.2, -0.15) is 0 Å². The lowest BCUT2D eigenvalue weighted by Crippen LogP contribution is -2.46. The monoisotopic (exact) mass is 446 g/mol. The van der Waals surface area contributed by atoms with E-state index in [0.29, 0.717) is 16.4 Å². The summed E-state index contributed by atoms with van der Waals surface area (Å²) in [6.45, 7) is 4.42. The number of para-hydroxylation sites is 1. The van der Waals surface area contributed by atoms with Crippen molar-refractivity contribution in [2.45, 2.75) is 6.54 Å². The highest BCUT2D eigenvalue weighted by atomic mass is 35.5. The Balaban J connectivity index is 1.32. The molecule has 0 atom stereocenters. The normalized spacial score (nSPS) is 14.8. The van der Waals surface area contributed by atoms with E-state index in [1.165, 1.54) is 11.3 Å². The smallest absolute Gasteiger partial charge is 0.275 e. The summed E-state index contributed by atoms with van der Waals surface area (Å²) in [7, 11) is 0. The molecular weight excluding hydrogens is 427 g/mol. The number of benzene rings is 2. The third kappa shape index (κ3) is 5.08. The van der Waals surface area contributed by atoms with Crippen molar-refractivity contribution in [1.29, 1.82) is 0 Å². The Bertz CT molecular complexity index is 1000. The highest BCUT2D eigenvalue weighted by Crippen LogP contribution is 2.26. The molecule has 2 heterocycles. The number of hydrogen-bond donors (Lipinski definition) is 1. The second kappa shape index (κ2) is 9.13. The minimum atomic E-state index is -0.224. The van der Waals surface area contributed by atoms with Crippen LogP contribution in [0.1, 0.15) is 15.5 Å². The molecule has 3 aromatic rings. The molecule has 1 amide bonds. The number of amides is 1. The maximum absolute atomic E-state index is 12.4. The van der Waals surface area contributed by atoms with E-state index >= 15 is 0 Å². The number of carbonyl (C=O) groups excluding carboxylic acids is 1. The predicted octanol–water partition coefficient (Wildman–Crippen LogP) is 5.02. The number of rotatable bonds is 5. The van der Waals surface area contributed by atoms with Gasteiger partial charge in [0.25, 0.3) is 5.91 Å². The van der Waals surface area contributed by atoms with E-state index in [2.05, 4.69) is 26.2 Å². The molecule has 1 fully saturated rings. The number of aromatic nitrogens is 1. The van der Waals surface area contributed by atoms with Gasteiger partial charge in [-0.3, -0.25) is 9.69 Å². The standard InChI is InChI=1S/C21H20Cl2N4OS/c22-15-4-3-5-16(12-15)24-21(28)18-14-29-20(25-18)13-26-8-10-27(11-9-26)19-7-2-1-6-17(19)23/h1-7,12,14H,8-11,13H2,(H,24,28). The molecule has 0 saturated carbocycles. The SMILES string of the molecule is O=C(Nc1cccc(Cl)c1)c1csc(CN2CCN(c3ccccc3Cl)CC2)n1. The van der Waals surface area contributed by atoms with Gasteiger partial charge in [0.1, 0.15) is 10.7 Å². The van der Waals surface area contributed by atoms with Gasteiger partial charge in [-0.15, -0.1) is 11.3 Å². The zero-order valence-electron chi connectivity index (χ0n) is 15.6. The molecule has 0 aliphatic carbocycles. The van der Waals surface area contributed by atoms with Crippen molar-refractivity contribution < 1.29 is 4.79 Å². The van der Waals surface area contributed by atoms with Crippen molar-refractivity contribution in [1.82, 2.24) is 9.88 Å². The van der Waals surface area contributed by atoms with E-state index < -0.39 is 0 Å². The van der Waals surface area contributed by atoms with Gasteiger partial charge in [-0.25, -0.2) is 4.98 Å². The first-order valence-corrected chi connectivity index (χ1v) is 11.0. The van der Waals surface area contributed by atoms with E-state index in [9.17, 15) is 4.79 Å². The van der Waals surface area contributed by atoms with Gasteiger partial charge in [-0.1, -0.05) is 41.4 Å². The number of hydrogen-bond acceptors (Lipinski definition) is 5. The summed E-state index contributed by atoms with van der Waals surface area (Å²) in [6, 6.07) is 15.0. The summed E-state index contributed by atoms with van der Waals surface area (Å²) in [4.78, 5) is 21.6. The molecule has 1 aliphatic rings. The number of nitrogens with one attached hydrogen (secondary N) is 1. The van der Waals surface area contributed by atoms with E-state index in [-0.39, 0.29) is 5.91 Å². The number of anilines is 2. The summed E-state index contributed by atoms with van der Waals surface area (Å²) in [6.07, 6.45) is 0. The second-order valence-electron chi connectivity index (χ2n) is 6.81. The van der Waals surface area contributed by atoms with Crippen molar-refractivity contribution in [3.05, 3.63) is 74.7 Å². The first-order chi connectivity index (χ1) is 14.1. The van der Waals surface area contributed by atoms with Crippen molar-refractivity contribution in [2.24, 2.45) is 0 Å². The summed E-state index contributed by atoms with van der Waals surface area (Å²) in [5.74, 6) is -0.224. The van der Waals surface area contributed by atoms with E-state index in [4.69, 9.17) is 23.2 Å². The third-order valence-corrected chi connectivity index (χ3v) is 6.18. The molecule has 0 bridgehead atoms. The molecule has 1 N–H and O–H groups in total. The van der Waals surface area contributed by atoms with Crippen molar-refractivity contribution >= 4 is 51.8 Å². The molecule has 1 saturated heterocycles. The van der Waals surface area contributed by atoms with Gasteiger partial charge < -0.3 is 10.2 Å².